The van der Waals surface area contributed by atoms with Gasteiger partial charge in [0.1, 0.15) is 0 Å². The smallest absolute Gasteiger partial charge is 0.333 e. The quantitative estimate of drug-likeness (QED) is 0.162. The summed E-state index contributed by atoms with van der Waals surface area (Å²) in [6.07, 6.45) is 0. The zero-order valence-corrected chi connectivity index (χ0v) is 31.3. The lowest BCUT2D eigenvalue weighted by Gasteiger charge is -2.42. The number of rotatable bonds is 2. The summed E-state index contributed by atoms with van der Waals surface area (Å²) in [5.41, 5.74) is 19.6. The lowest BCUT2D eigenvalue weighted by molar-refractivity contribution is 0.660. The Morgan fingerprint density at radius 1 is 0.509 bits per heavy atom. The Morgan fingerprint density at radius 2 is 1.24 bits per heavy atom. The topological polar surface area (TPSA) is 8.17 Å². The summed E-state index contributed by atoms with van der Waals surface area (Å²) in [6, 6.07) is 62.0. The Labute approximate surface area is 323 Å². The van der Waals surface area contributed by atoms with E-state index in [2.05, 4.69) is 187 Å². The Bertz CT molecular complexity index is 3310. The van der Waals surface area contributed by atoms with Crippen LogP contribution in [0.25, 0.3) is 81.0 Å². The van der Waals surface area contributed by atoms with Crippen LogP contribution in [0.2, 0.25) is 0 Å². The van der Waals surface area contributed by atoms with Crippen LogP contribution in [-0.4, -0.2) is 11.4 Å². The van der Waals surface area contributed by atoms with Crippen molar-refractivity contribution in [3.05, 3.63) is 175 Å². The van der Waals surface area contributed by atoms with Gasteiger partial charge >= 0.3 is 6.85 Å². The van der Waals surface area contributed by atoms with E-state index in [1.807, 2.05) is 11.3 Å². The normalized spacial score (nSPS) is 14.4. The van der Waals surface area contributed by atoms with Gasteiger partial charge in [-0.1, -0.05) is 123 Å². The number of aromatic nitrogens is 1. The van der Waals surface area contributed by atoms with Crippen molar-refractivity contribution in [1.29, 1.82) is 0 Å². The molecule has 1 aliphatic carbocycles. The molecule has 0 unspecified atom stereocenters. The summed E-state index contributed by atoms with van der Waals surface area (Å²) in [7, 11) is 0. The number of benzene rings is 8. The van der Waals surface area contributed by atoms with Crippen LogP contribution < -0.4 is 15.7 Å². The number of hydrogen-bond donors (Lipinski definition) is 0. The van der Waals surface area contributed by atoms with E-state index in [9.17, 15) is 0 Å². The molecule has 10 aromatic rings. The van der Waals surface area contributed by atoms with E-state index in [1.165, 1.54) is 114 Å². The third-order valence-electron chi connectivity index (χ3n) is 13.0. The second kappa shape index (κ2) is 10.4. The van der Waals surface area contributed by atoms with Crippen molar-refractivity contribution in [3.8, 4) is 39.1 Å². The van der Waals surface area contributed by atoms with Crippen molar-refractivity contribution in [2.75, 3.05) is 4.81 Å². The largest absolute Gasteiger partial charge is 0.376 e. The molecule has 4 heteroatoms. The van der Waals surface area contributed by atoms with E-state index in [-0.39, 0.29) is 12.3 Å². The zero-order valence-electron chi connectivity index (χ0n) is 30.5. The highest BCUT2D eigenvalue weighted by molar-refractivity contribution is 7.25. The Morgan fingerprint density at radius 3 is 2.15 bits per heavy atom. The first kappa shape index (κ1) is 30.0. The number of anilines is 2. The molecule has 0 saturated heterocycles. The van der Waals surface area contributed by atoms with Crippen molar-refractivity contribution in [3.63, 3.8) is 0 Å². The standard InChI is InChI=1S/C51H33BN2S/c1-51(2)40-19-9-6-16-32(40)37-28-38-39-27-36(30-24-25-34-33-17-8-13-23-46(33)55-47(34)26-30)48-35-18-7-11-21-43(35)53-44-22-12-10-20-42(44)52(49(39)50(48)53)54(45(38)29-41(37)51)31-14-4-3-5-15-31/h3-29H,1-2H3. The Balaban J connectivity index is 1.22. The molecule has 0 fully saturated rings. The average Bonchev–Trinajstić information content (AvgIpc) is 3.85. The second-order valence-electron chi connectivity index (χ2n) is 16.0. The first-order chi connectivity index (χ1) is 27.1. The van der Waals surface area contributed by atoms with Crippen LogP contribution in [0, 0.1) is 0 Å². The maximum atomic E-state index is 2.65. The van der Waals surface area contributed by atoms with Gasteiger partial charge in [0.05, 0.1) is 11.0 Å². The molecule has 0 amide bonds. The Hall–Kier alpha value is -6.36. The van der Waals surface area contributed by atoms with Crippen molar-refractivity contribution in [1.82, 2.24) is 4.57 Å². The highest BCUT2D eigenvalue weighted by Crippen LogP contribution is 2.55. The van der Waals surface area contributed by atoms with Crippen molar-refractivity contribution in [2.45, 2.75) is 19.3 Å². The van der Waals surface area contributed by atoms with Gasteiger partial charge in [0.15, 0.2) is 0 Å². The van der Waals surface area contributed by atoms with Crippen LogP contribution in [0.3, 0.4) is 0 Å². The summed E-state index contributed by atoms with van der Waals surface area (Å²) in [5.74, 6) is 0. The molecule has 2 nitrogen and oxygen atoms in total. The number of nitrogens with zero attached hydrogens (tertiary/aromatic N) is 2. The fourth-order valence-electron chi connectivity index (χ4n) is 10.6. The summed E-state index contributed by atoms with van der Waals surface area (Å²) in [4.78, 5) is 2.65. The van der Waals surface area contributed by atoms with E-state index in [1.54, 1.807) is 0 Å². The third kappa shape index (κ3) is 3.75. The maximum absolute atomic E-state index is 2.65. The van der Waals surface area contributed by atoms with Crippen LogP contribution in [0.4, 0.5) is 11.4 Å². The van der Waals surface area contributed by atoms with Crippen LogP contribution in [0.15, 0.2) is 164 Å². The van der Waals surface area contributed by atoms with Gasteiger partial charge in [0.25, 0.3) is 0 Å². The minimum absolute atomic E-state index is 0.00974. The zero-order chi connectivity index (χ0) is 36.2. The van der Waals surface area contributed by atoms with E-state index < -0.39 is 0 Å². The van der Waals surface area contributed by atoms with Gasteiger partial charge in [-0.15, -0.1) is 11.3 Å². The molecular weight excluding hydrogens is 683 g/mol. The van der Waals surface area contributed by atoms with Gasteiger partial charge in [-0.05, 0) is 104 Å². The van der Waals surface area contributed by atoms with Crippen LogP contribution in [0.5, 0.6) is 0 Å². The lowest BCUT2D eigenvalue weighted by atomic mass is 9.43. The molecule has 55 heavy (non-hydrogen) atoms. The highest BCUT2D eigenvalue weighted by Gasteiger charge is 2.46. The summed E-state index contributed by atoms with van der Waals surface area (Å²) >= 11 is 1.90. The van der Waals surface area contributed by atoms with Crippen LogP contribution >= 0.6 is 11.3 Å². The van der Waals surface area contributed by atoms with Gasteiger partial charge in [0, 0.05) is 59.0 Å². The molecule has 4 heterocycles. The van der Waals surface area contributed by atoms with Gasteiger partial charge in [-0.3, -0.25) is 0 Å². The molecule has 0 radical (unpaired) electrons. The molecule has 13 rings (SSSR count). The Kier molecular flexibility index (Phi) is 5.70. The fourth-order valence-corrected chi connectivity index (χ4v) is 11.7. The number of hydrogen-bond acceptors (Lipinski definition) is 2. The highest BCUT2D eigenvalue weighted by atomic mass is 32.1. The van der Waals surface area contributed by atoms with Gasteiger partial charge < -0.3 is 9.38 Å². The predicted molar refractivity (Wildman–Crippen MR) is 236 cm³/mol. The van der Waals surface area contributed by atoms with Crippen molar-refractivity contribution < 1.29 is 0 Å². The van der Waals surface area contributed by atoms with Gasteiger partial charge in [-0.2, -0.15) is 0 Å². The molecule has 256 valence electrons. The molecule has 0 spiro atoms. The number of para-hydroxylation sites is 3. The van der Waals surface area contributed by atoms with E-state index in [4.69, 9.17) is 0 Å². The fraction of sp³-hybridized carbons (Fsp3) is 0.0588. The molecule has 2 aromatic heterocycles. The second-order valence-corrected chi connectivity index (χ2v) is 17.1. The minimum Gasteiger partial charge on any atom is -0.376 e. The van der Waals surface area contributed by atoms with E-state index >= 15 is 0 Å². The first-order valence-electron chi connectivity index (χ1n) is 19.3. The first-order valence-corrected chi connectivity index (χ1v) is 20.1. The minimum atomic E-state index is -0.116. The summed E-state index contributed by atoms with van der Waals surface area (Å²) in [6.45, 7) is 4.78. The summed E-state index contributed by atoms with van der Waals surface area (Å²) in [5, 5.41) is 5.29. The molecule has 0 atom stereocenters. The molecule has 0 bridgehead atoms. The maximum Gasteiger partial charge on any atom is 0.333 e. The number of fused-ring (bicyclic) bond motifs is 14. The van der Waals surface area contributed by atoms with Crippen LogP contribution in [-0.2, 0) is 5.41 Å². The predicted octanol–water partition coefficient (Wildman–Crippen LogP) is 12.4. The summed E-state index contributed by atoms with van der Waals surface area (Å²) < 4.78 is 5.25. The lowest BCUT2D eigenvalue weighted by Crippen LogP contribution is -2.60. The van der Waals surface area contributed by atoms with Crippen molar-refractivity contribution in [2.24, 2.45) is 0 Å². The monoisotopic (exact) mass is 716 g/mol. The molecule has 2 aliphatic heterocycles. The third-order valence-corrected chi connectivity index (χ3v) is 14.1. The molecule has 3 aliphatic rings. The van der Waals surface area contributed by atoms with E-state index in [0.717, 1.165) is 0 Å². The van der Waals surface area contributed by atoms with Crippen molar-refractivity contribution >= 4 is 82.5 Å². The van der Waals surface area contributed by atoms with Crippen LogP contribution in [0.1, 0.15) is 25.0 Å². The number of thiophene rings is 1. The molecule has 8 aromatic carbocycles. The van der Waals surface area contributed by atoms with E-state index in [0.29, 0.717) is 0 Å². The molecular formula is C51H33BN2S. The van der Waals surface area contributed by atoms with Gasteiger partial charge in [-0.25, -0.2) is 0 Å². The molecule has 0 saturated carbocycles. The van der Waals surface area contributed by atoms with Gasteiger partial charge in [0.2, 0.25) is 0 Å². The average molecular weight is 717 g/mol. The SMILES string of the molecule is CC1(C)c2ccccc2-c2cc3c(cc21)N(c1ccccc1)B1c2ccccc2-n2c4ccccc4c4c(-c5ccc6c(c5)sc5ccccc56)cc-3c1c42. The molecule has 0 N–H and O–H groups in total.